The Labute approximate surface area is 179 Å². The Kier molecular flexibility index (Phi) is 5.34. The minimum atomic E-state index is -0.579. The van der Waals surface area contributed by atoms with E-state index in [0.29, 0.717) is 20.6 Å². The number of carbonyl (C=O) groups is 1. The fourth-order valence-corrected chi connectivity index (χ4v) is 4.85. The van der Waals surface area contributed by atoms with Gasteiger partial charge in [-0.3, -0.25) is 9.36 Å². The molecule has 1 unspecified atom stereocenters. The van der Waals surface area contributed by atoms with Crippen LogP contribution < -0.4 is 14.9 Å². The Morgan fingerprint density at radius 2 is 1.97 bits per heavy atom. The molecule has 7 heteroatoms. The molecule has 1 atom stereocenters. The second kappa shape index (κ2) is 7.93. The standard InChI is InChI=1S/C22H17BrN2O3S/c1-13-18(21(27)28-2)19(15-8-4-3-5-9-15)25-20(26)17(29-22(25)24-13)12-14-7-6-10-16(23)11-14/h3-12,19H,1-2H3/b17-12+. The van der Waals surface area contributed by atoms with E-state index in [2.05, 4.69) is 20.9 Å². The van der Waals surface area contributed by atoms with Gasteiger partial charge in [-0.25, -0.2) is 9.79 Å². The van der Waals surface area contributed by atoms with Gasteiger partial charge < -0.3 is 4.74 Å². The molecule has 2 aromatic carbocycles. The lowest BCUT2D eigenvalue weighted by Crippen LogP contribution is -2.39. The minimum Gasteiger partial charge on any atom is -0.466 e. The van der Waals surface area contributed by atoms with E-state index in [1.165, 1.54) is 18.4 Å². The van der Waals surface area contributed by atoms with Crippen molar-refractivity contribution in [3.05, 3.63) is 101 Å². The average Bonchev–Trinajstić information content (AvgIpc) is 3.02. The van der Waals surface area contributed by atoms with E-state index in [1.54, 1.807) is 11.5 Å². The molecular weight excluding hydrogens is 452 g/mol. The van der Waals surface area contributed by atoms with Crippen LogP contribution in [0.5, 0.6) is 0 Å². The predicted molar refractivity (Wildman–Crippen MR) is 116 cm³/mol. The zero-order valence-corrected chi connectivity index (χ0v) is 18.2. The molecule has 0 radical (unpaired) electrons. The summed E-state index contributed by atoms with van der Waals surface area (Å²) in [6, 6.07) is 16.6. The molecule has 5 nitrogen and oxygen atoms in total. The Morgan fingerprint density at radius 3 is 2.66 bits per heavy atom. The molecule has 0 N–H and O–H groups in total. The monoisotopic (exact) mass is 468 g/mol. The van der Waals surface area contributed by atoms with Crippen molar-refractivity contribution in [3.63, 3.8) is 0 Å². The number of allylic oxidation sites excluding steroid dienone is 1. The summed E-state index contributed by atoms with van der Waals surface area (Å²) in [5.74, 6) is -0.485. The Balaban J connectivity index is 1.98. The van der Waals surface area contributed by atoms with Crippen LogP contribution in [0.2, 0.25) is 0 Å². The quantitative estimate of drug-likeness (QED) is 0.554. The summed E-state index contributed by atoms with van der Waals surface area (Å²) in [5.41, 5.74) is 2.49. The van der Waals surface area contributed by atoms with Crippen LogP contribution in [0.1, 0.15) is 24.1 Å². The maximum Gasteiger partial charge on any atom is 0.338 e. The molecule has 4 rings (SSSR count). The van der Waals surface area contributed by atoms with E-state index in [0.717, 1.165) is 15.6 Å². The number of rotatable bonds is 3. The number of thiazole rings is 1. The number of esters is 1. The van der Waals surface area contributed by atoms with E-state index in [1.807, 2.05) is 60.7 Å². The number of hydrogen-bond acceptors (Lipinski definition) is 5. The van der Waals surface area contributed by atoms with Gasteiger partial charge >= 0.3 is 5.97 Å². The first-order valence-electron chi connectivity index (χ1n) is 8.91. The molecule has 0 aliphatic carbocycles. The smallest absolute Gasteiger partial charge is 0.338 e. The lowest BCUT2D eigenvalue weighted by Gasteiger charge is -2.24. The third kappa shape index (κ3) is 3.63. The van der Waals surface area contributed by atoms with Gasteiger partial charge in [-0.05, 0) is 36.3 Å². The Bertz CT molecular complexity index is 1310. The number of methoxy groups -OCH3 is 1. The molecule has 146 valence electrons. The van der Waals surface area contributed by atoms with Crippen LogP contribution in [0.3, 0.4) is 0 Å². The van der Waals surface area contributed by atoms with Gasteiger partial charge in [-0.1, -0.05) is 69.7 Å². The molecule has 0 amide bonds. The fraction of sp³-hybridized carbons (Fsp3) is 0.136. The molecule has 1 aliphatic heterocycles. The van der Waals surface area contributed by atoms with Crippen LogP contribution in [0.15, 0.2) is 80.1 Å². The molecular formula is C22H17BrN2O3S. The second-order valence-electron chi connectivity index (χ2n) is 6.54. The maximum atomic E-state index is 13.3. The van der Waals surface area contributed by atoms with Crippen LogP contribution in [0.4, 0.5) is 0 Å². The number of aromatic nitrogens is 1. The highest BCUT2D eigenvalue weighted by Crippen LogP contribution is 2.30. The average molecular weight is 469 g/mol. The fourth-order valence-electron chi connectivity index (χ4n) is 3.39. The van der Waals surface area contributed by atoms with E-state index >= 15 is 0 Å². The van der Waals surface area contributed by atoms with Gasteiger partial charge in [-0.15, -0.1) is 0 Å². The lowest BCUT2D eigenvalue weighted by atomic mass is 9.96. The van der Waals surface area contributed by atoms with Crippen molar-refractivity contribution in [2.45, 2.75) is 13.0 Å². The van der Waals surface area contributed by atoms with Crippen LogP contribution in [-0.4, -0.2) is 17.6 Å². The third-order valence-electron chi connectivity index (χ3n) is 4.69. The predicted octanol–water partition coefficient (Wildman–Crippen LogP) is 3.17. The SMILES string of the molecule is COC(=O)C1=C(C)N=c2s/c(=C/c3cccc(Br)c3)c(=O)n2C1c1ccccc1. The minimum absolute atomic E-state index is 0.184. The first kappa shape index (κ1) is 19.5. The van der Waals surface area contributed by atoms with E-state index in [-0.39, 0.29) is 5.56 Å². The summed E-state index contributed by atoms with van der Waals surface area (Å²) in [5, 5.41) is 0. The Hall–Kier alpha value is -2.77. The van der Waals surface area contributed by atoms with Crippen LogP contribution >= 0.6 is 27.3 Å². The highest BCUT2D eigenvalue weighted by molar-refractivity contribution is 9.10. The number of nitrogens with zero attached hydrogens (tertiary/aromatic N) is 2. The number of benzene rings is 2. The summed E-state index contributed by atoms with van der Waals surface area (Å²) < 4.78 is 8.08. The molecule has 1 aliphatic rings. The first-order chi connectivity index (χ1) is 14.0. The van der Waals surface area contributed by atoms with Gasteiger partial charge in [0.05, 0.1) is 29.0 Å². The molecule has 0 bridgehead atoms. The van der Waals surface area contributed by atoms with Gasteiger partial charge in [-0.2, -0.15) is 0 Å². The number of fused-ring (bicyclic) bond motifs is 1. The van der Waals surface area contributed by atoms with Crippen molar-refractivity contribution in [3.8, 4) is 0 Å². The van der Waals surface area contributed by atoms with E-state index in [4.69, 9.17) is 4.74 Å². The lowest BCUT2D eigenvalue weighted by molar-refractivity contribution is -0.136. The number of ether oxygens (including phenoxy) is 1. The van der Waals surface area contributed by atoms with Crippen molar-refractivity contribution >= 4 is 39.3 Å². The largest absolute Gasteiger partial charge is 0.466 e. The summed E-state index contributed by atoms with van der Waals surface area (Å²) in [4.78, 5) is 31.0. The Morgan fingerprint density at radius 1 is 1.21 bits per heavy atom. The molecule has 2 heterocycles. The van der Waals surface area contributed by atoms with Crippen molar-refractivity contribution in [1.29, 1.82) is 0 Å². The van der Waals surface area contributed by atoms with Gasteiger partial charge in [0.25, 0.3) is 5.56 Å². The highest BCUT2D eigenvalue weighted by atomic mass is 79.9. The normalized spacial score (nSPS) is 16.4. The highest BCUT2D eigenvalue weighted by Gasteiger charge is 2.32. The van der Waals surface area contributed by atoms with Crippen molar-refractivity contribution in [2.24, 2.45) is 4.99 Å². The van der Waals surface area contributed by atoms with Crippen molar-refractivity contribution < 1.29 is 9.53 Å². The van der Waals surface area contributed by atoms with Crippen LogP contribution in [-0.2, 0) is 9.53 Å². The number of halogens is 1. The third-order valence-corrected chi connectivity index (χ3v) is 6.16. The molecule has 0 fully saturated rings. The zero-order chi connectivity index (χ0) is 20.5. The van der Waals surface area contributed by atoms with Crippen LogP contribution in [0.25, 0.3) is 6.08 Å². The van der Waals surface area contributed by atoms with Gasteiger partial charge in [0, 0.05) is 4.47 Å². The summed E-state index contributed by atoms with van der Waals surface area (Å²) in [7, 11) is 1.34. The topological polar surface area (TPSA) is 60.7 Å². The molecule has 1 aromatic heterocycles. The van der Waals surface area contributed by atoms with E-state index < -0.39 is 12.0 Å². The maximum absolute atomic E-state index is 13.3. The molecule has 0 saturated heterocycles. The van der Waals surface area contributed by atoms with Crippen molar-refractivity contribution in [2.75, 3.05) is 7.11 Å². The molecule has 0 saturated carbocycles. The molecule has 29 heavy (non-hydrogen) atoms. The van der Waals surface area contributed by atoms with Gasteiger partial charge in [0.15, 0.2) is 4.80 Å². The van der Waals surface area contributed by atoms with E-state index in [9.17, 15) is 9.59 Å². The summed E-state index contributed by atoms with van der Waals surface area (Å²) >= 11 is 4.77. The summed E-state index contributed by atoms with van der Waals surface area (Å²) in [6.07, 6.45) is 1.84. The van der Waals surface area contributed by atoms with Crippen molar-refractivity contribution in [1.82, 2.24) is 4.57 Å². The molecule has 3 aromatic rings. The second-order valence-corrected chi connectivity index (χ2v) is 8.46. The van der Waals surface area contributed by atoms with Gasteiger partial charge in [0.1, 0.15) is 0 Å². The first-order valence-corrected chi connectivity index (χ1v) is 10.5. The summed E-state index contributed by atoms with van der Waals surface area (Å²) in [6.45, 7) is 1.77. The number of carbonyl (C=O) groups excluding carboxylic acids is 1. The molecule has 0 spiro atoms. The van der Waals surface area contributed by atoms with Crippen LogP contribution in [0, 0.1) is 0 Å². The zero-order valence-electron chi connectivity index (χ0n) is 15.8. The van der Waals surface area contributed by atoms with Gasteiger partial charge in [0.2, 0.25) is 0 Å². The number of hydrogen-bond donors (Lipinski definition) is 0.